The maximum atomic E-state index is 12.7. The summed E-state index contributed by atoms with van der Waals surface area (Å²) < 4.78 is 0. The van der Waals surface area contributed by atoms with Gasteiger partial charge in [-0.2, -0.15) is 0 Å². The first-order valence-electron chi connectivity index (χ1n) is 7.56. The number of nitrogens with zero attached hydrogens (tertiary/aromatic N) is 1. The summed E-state index contributed by atoms with van der Waals surface area (Å²) in [5.74, 6) is -1.53. The van der Waals surface area contributed by atoms with E-state index >= 15 is 0 Å². The molecule has 0 unspecified atom stereocenters. The number of rotatable bonds is 3. The van der Waals surface area contributed by atoms with Gasteiger partial charge in [-0.25, -0.2) is 9.69 Å². The lowest BCUT2D eigenvalue weighted by Crippen LogP contribution is -2.27. The molecule has 0 bridgehead atoms. The predicted octanol–water partition coefficient (Wildman–Crippen LogP) is 4.24. The van der Waals surface area contributed by atoms with Crippen LogP contribution in [-0.2, 0) is 4.79 Å². The van der Waals surface area contributed by atoms with E-state index in [9.17, 15) is 19.5 Å². The number of imide groups is 1. The van der Waals surface area contributed by atoms with Crippen LogP contribution >= 0.6 is 11.8 Å². The normalized spacial score (nSPS) is 15.9. The summed E-state index contributed by atoms with van der Waals surface area (Å²) >= 11 is 0.808. The summed E-state index contributed by atoms with van der Waals surface area (Å²) in [5.41, 5.74) is 3.04. The number of benzene rings is 2. The molecular formula is C19H15NO4S. The lowest BCUT2D eigenvalue weighted by atomic mass is 10.1. The van der Waals surface area contributed by atoms with E-state index in [2.05, 4.69) is 0 Å². The van der Waals surface area contributed by atoms with Crippen LogP contribution in [0.25, 0.3) is 6.08 Å². The van der Waals surface area contributed by atoms with Gasteiger partial charge in [-0.1, -0.05) is 24.3 Å². The summed E-state index contributed by atoms with van der Waals surface area (Å²) in [4.78, 5) is 37.6. The Morgan fingerprint density at radius 1 is 1.08 bits per heavy atom. The summed E-state index contributed by atoms with van der Waals surface area (Å²) in [5, 5.41) is 8.85. The van der Waals surface area contributed by atoms with Gasteiger partial charge < -0.3 is 5.11 Å². The van der Waals surface area contributed by atoms with E-state index in [1.54, 1.807) is 30.3 Å². The molecule has 1 heterocycles. The number of anilines is 1. The molecule has 6 heteroatoms. The molecule has 0 aromatic heterocycles. The first kappa shape index (κ1) is 17.0. The number of amides is 2. The van der Waals surface area contributed by atoms with Gasteiger partial charge in [0.25, 0.3) is 11.1 Å². The molecule has 1 N–H and O–H groups in total. The van der Waals surface area contributed by atoms with Crippen LogP contribution < -0.4 is 4.90 Å². The molecule has 2 amide bonds. The molecule has 2 aromatic carbocycles. The highest BCUT2D eigenvalue weighted by Crippen LogP contribution is 2.36. The highest BCUT2D eigenvalue weighted by Gasteiger charge is 2.36. The minimum absolute atomic E-state index is 0.0838. The van der Waals surface area contributed by atoms with Crippen molar-refractivity contribution >= 4 is 40.6 Å². The molecule has 2 aromatic rings. The number of carboxylic acids is 1. The summed E-state index contributed by atoms with van der Waals surface area (Å²) in [6, 6.07) is 11.7. The van der Waals surface area contributed by atoms with Gasteiger partial charge in [0, 0.05) is 0 Å². The molecule has 25 heavy (non-hydrogen) atoms. The number of hydrogen-bond acceptors (Lipinski definition) is 4. The largest absolute Gasteiger partial charge is 0.478 e. The second-order valence-electron chi connectivity index (χ2n) is 5.68. The van der Waals surface area contributed by atoms with E-state index < -0.39 is 17.1 Å². The first-order chi connectivity index (χ1) is 11.9. The van der Waals surface area contributed by atoms with E-state index in [0.717, 1.165) is 27.8 Å². The van der Waals surface area contributed by atoms with Crippen molar-refractivity contribution in [3.05, 3.63) is 69.6 Å². The number of carboxylic acid groups (broad SMARTS) is 1. The SMILES string of the molecule is Cc1ccc(N2C(=O)S/C(=C/c3ccccc3C(=O)O)C2=O)cc1C. The Bertz CT molecular complexity index is 933. The Hall–Kier alpha value is -2.86. The number of hydrogen-bond donors (Lipinski definition) is 1. The maximum absolute atomic E-state index is 12.7. The zero-order valence-corrected chi connectivity index (χ0v) is 14.5. The van der Waals surface area contributed by atoms with Crippen LogP contribution in [0.3, 0.4) is 0 Å². The van der Waals surface area contributed by atoms with E-state index in [1.165, 1.54) is 12.1 Å². The summed E-state index contributed by atoms with van der Waals surface area (Å²) in [6.45, 7) is 3.87. The molecule has 0 aliphatic carbocycles. The van der Waals surface area contributed by atoms with Crippen molar-refractivity contribution in [3.8, 4) is 0 Å². The first-order valence-corrected chi connectivity index (χ1v) is 8.37. The molecule has 0 radical (unpaired) electrons. The van der Waals surface area contributed by atoms with Crippen molar-refractivity contribution in [2.24, 2.45) is 0 Å². The van der Waals surface area contributed by atoms with Crippen LogP contribution in [0.2, 0.25) is 0 Å². The average molecular weight is 353 g/mol. The van der Waals surface area contributed by atoms with Crippen molar-refractivity contribution in [2.45, 2.75) is 13.8 Å². The van der Waals surface area contributed by atoms with Crippen LogP contribution in [0.5, 0.6) is 0 Å². The zero-order valence-electron chi connectivity index (χ0n) is 13.6. The standard InChI is InChI=1S/C19H15NO4S/c1-11-7-8-14(9-12(11)2)20-17(21)16(25-19(20)24)10-13-5-3-4-6-15(13)18(22)23/h3-10H,1-2H3,(H,22,23)/b16-10+. The average Bonchev–Trinajstić information content (AvgIpc) is 2.84. The smallest absolute Gasteiger partial charge is 0.336 e. The molecule has 1 aliphatic rings. The molecule has 1 saturated heterocycles. The Kier molecular flexibility index (Phi) is 4.46. The number of carbonyl (C=O) groups is 3. The third-order valence-electron chi connectivity index (χ3n) is 4.02. The Morgan fingerprint density at radius 2 is 1.80 bits per heavy atom. The highest BCUT2D eigenvalue weighted by molar-refractivity contribution is 8.19. The fourth-order valence-electron chi connectivity index (χ4n) is 2.51. The summed E-state index contributed by atoms with van der Waals surface area (Å²) in [7, 11) is 0. The minimum Gasteiger partial charge on any atom is -0.478 e. The van der Waals surface area contributed by atoms with E-state index in [1.807, 2.05) is 19.9 Å². The van der Waals surface area contributed by atoms with Gasteiger partial charge in [0.05, 0.1) is 16.2 Å². The van der Waals surface area contributed by atoms with Crippen molar-refractivity contribution < 1.29 is 19.5 Å². The van der Waals surface area contributed by atoms with E-state index in [4.69, 9.17) is 0 Å². The molecule has 0 spiro atoms. The van der Waals surface area contributed by atoms with Crippen molar-refractivity contribution in [3.63, 3.8) is 0 Å². The number of carbonyl (C=O) groups excluding carboxylic acids is 2. The lowest BCUT2D eigenvalue weighted by Gasteiger charge is -2.14. The van der Waals surface area contributed by atoms with Crippen molar-refractivity contribution in [1.29, 1.82) is 0 Å². The fourth-order valence-corrected chi connectivity index (χ4v) is 3.35. The Balaban J connectivity index is 1.99. The van der Waals surface area contributed by atoms with Gasteiger partial charge in [-0.3, -0.25) is 9.59 Å². The quantitative estimate of drug-likeness (QED) is 0.835. The molecule has 1 fully saturated rings. The maximum Gasteiger partial charge on any atom is 0.336 e. The van der Waals surface area contributed by atoms with Crippen LogP contribution in [-0.4, -0.2) is 22.2 Å². The monoisotopic (exact) mass is 353 g/mol. The van der Waals surface area contributed by atoms with Gasteiger partial charge in [0.2, 0.25) is 0 Å². The van der Waals surface area contributed by atoms with Gasteiger partial charge >= 0.3 is 5.97 Å². The zero-order chi connectivity index (χ0) is 18.1. The summed E-state index contributed by atoms with van der Waals surface area (Å²) in [6.07, 6.45) is 1.45. The molecule has 0 atom stereocenters. The van der Waals surface area contributed by atoms with E-state index in [-0.39, 0.29) is 10.5 Å². The minimum atomic E-state index is -1.08. The molecule has 0 saturated carbocycles. The second-order valence-corrected chi connectivity index (χ2v) is 6.67. The third-order valence-corrected chi connectivity index (χ3v) is 4.89. The highest BCUT2D eigenvalue weighted by atomic mass is 32.2. The van der Waals surface area contributed by atoms with Crippen molar-refractivity contribution in [1.82, 2.24) is 0 Å². The van der Waals surface area contributed by atoms with Crippen molar-refractivity contribution in [2.75, 3.05) is 4.90 Å². The lowest BCUT2D eigenvalue weighted by molar-refractivity contribution is -0.113. The van der Waals surface area contributed by atoms with Crippen LogP contribution in [0.15, 0.2) is 47.4 Å². The van der Waals surface area contributed by atoms with Gasteiger partial charge in [0.15, 0.2) is 0 Å². The van der Waals surface area contributed by atoms with Gasteiger partial charge in [-0.15, -0.1) is 0 Å². The molecule has 3 rings (SSSR count). The van der Waals surface area contributed by atoms with Gasteiger partial charge in [-0.05, 0) is 66.6 Å². The van der Waals surface area contributed by atoms with Gasteiger partial charge in [0.1, 0.15) is 0 Å². The van der Waals surface area contributed by atoms with Crippen LogP contribution in [0.4, 0.5) is 10.5 Å². The number of thioether (sulfide) groups is 1. The molecular weight excluding hydrogens is 338 g/mol. The molecule has 1 aliphatic heterocycles. The molecule has 126 valence electrons. The number of aryl methyl sites for hydroxylation is 2. The van der Waals surface area contributed by atoms with Crippen LogP contribution in [0, 0.1) is 13.8 Å². The van der Waals surface area contributed by atoms with E-state index in [0.29, 0.717) is 11.3 Å². The molecule has 5 nitrogen and oxygen atoms in total. The predicted molar refractivity (Wildman–Crippen MR) is 97.8 cm³/mol. The topological polar surface area (TPSA) is 74.7 Å². The van der Waals surface area contributed by atoms with Crippen LogP contribution in [0.1, 0.15) is 27.0 Å². The Morgan fingerprint density at radius 3 is 2.48 bits per heavy atom. The fraction of sp³-hybridized carbons (Fsp3) is 0.105. The number of aromatic carboxylic acids is 1. The Labute approximate surface area is 149 Å². The second kappa shape index (κ2) is 6.57. The third kappa shape index (κ3) is 3.21.